The number of hydrogen-bond donors (Lipinski definition) is 3. The summed E-state index contributed by atoms with van der Waals surface area (Å²) in [7, 11) is 0. The molecule has 0 bridgehead atoms. The summed E-state index contributed by atoms with van der Waals surface area (Å²) in [6, 6.07) is 7.17. The number of ether oxygens (including phenoxy) is 1. The van der Waals surface area contributed by atoms with Gasteiger partial charge in [-0.2, -0.15) is 11.8 Å². The van der Waals surface area contributed by atoms with Gasteiger partial charge in [0.2, 0.25) is 0 Å². The van der Waals surface area contributed by atoms with Crippen molar-refractivity contribution in [3.8, 4) is 5.75 Å². The van der Waals surface area contributed by atoms with Gasteiger partial charge >= 0.3 is 0 Å². The van der Waals surface area contributed by atoms with Gasteiger partial charge in [0.15, 0.2) is 5.84 Å². The summed E-state index contributed by atoms with van der Waals surface area (Å²) < 4.78 is 6.12. The Bertz CT molecular complexity index is 458. The second kappa shape index (κ2) is 6.85. The minimum Gasteiger partial charge on any atom is -0.492 e. The van der Waals surface area contributed by atoms with Crippen LogP contribution in [-0.4, -0.2) is 41.7 Å². The van der Waals surface area contributed by atoms with Gasteiger partial charge in [-0.05, 0) is 43.4 Å². The van der Waals surface area contributed by atoms with Crippen LogP contribution in [0.2, 0.25) is 0 Å². The fourth-order valence-corrected chi connectivity index (χ4v) is 2.69. The maximum atomic E-state index is 8.57. The van der Waals surface area contributed by atoms with Crippen molar-refractivity contribution in [3.63, 3.8) is 0 Å². The second-order valence-electron chi connectivity index (χ2n) is 4.92. The molecule has 1 aromatic carbocycles. The molecule has 0 radical (unpaired) electrons. The molecule has 0 unspecified atom stereocenters. The van der Waals surface area contributed by atoms with Gasteiger partial charge in [-0.1, -0.05) is 5.16 Å². The third kappa shape index (κ3) is 4.05. The average molecular weight is 295 g/mol. The maximum Gasteiger partial charge on any atom is 0.170 e. The van der Waals surface area contributed by atoms with Crippen LogP contribution in [0.3, 0.4) is 0 Å². The second-order valence-corrected chi connectivity index (χ2v) is 6.20. The molecule has 0 aromatic heterocycles. The molecule has 0 saturated heterocycles. The minimum absolute atomic E-state index is 0.102. The molecule has 1 aliphatic rings. The normalized spacial score (nSPS) is 16.9. The summed E-state index contributed by atoms with van der Waals surface area (Å²) in [6.07, 6.45) is 4.81. The van der Waals surface area contributed by atoms with Gasteiger partial charge < -0.3 is 21.0 Å². The predicted molar refractivity (Wildman–Crippen MR) is 82.8 cm³/mol. The van der Waals surface area contributed by atoms with Gasteiger partial charge in [-0.15, -0.1) is 0 Å². The molecule has 20 heavy (non-hydrogen) atoms. The van der Waals surface area contributed by atoms with Crippen molar-refractivity contribution in [2.45, 2.75) is 17.6 Å². The quantitative estimate of drug-likeness (QED) is 0.223. The van der Waals surface area contributed by atoms with E-state index < -0.39 is 0 Å². The van der Waals surface area contributed by atoms with Gasteiger partial charge in [0, 0.05) is 23.4 Å². The molecule has 4 N–H and O–H groups in total. The number of oxime groups is 1. The largest absolute Gasteiger partial charge is 0.492 e. The Morgan fingerprint density at radius 1 is 1.45 bits per heavy atom. The molecule has 0 atom stereocenters. The van der Waals surface area contributed by atoms with E-state index in [2.05, 4.69) is 16.7 Å². The fraction of sp³-hybridized carbons (Fsp3) is 0.500. The van der Waals surface area contributed by atoms with Crippen LogP contribution in [0, 0.1) is 0 Å². The molecule has 1 aliphatic carbocycles. The lowest BCUT2D eigenvalue weighted by molar-refractivity contribution is 0.313. The SMILES string of the molecule is CSC1(CNCCOc2ccc(/C(N)=N/O)cc2)CC1. The van der Waals surface area contributed by atoms with Crippen molar-refractivity contribution in [1.82, 2.24) is 5.32 Å². The fourth-order valence-electron chi connectivity index (χ4n) is 1.93. The Morgan fingerprint density at radius 3 is 2.70 bits per heavy atom. The van der Waals surface area contributed by atoms with Gasteiger partial charge in [0.25, 0.3) is 0 Å². The van der Waals surface area contributed by atoms with Gasteiger partial charge in [-0.3, -0.25) is 0 Å². The third-order valence-corrected chi connectivity index (χ3v) is 4.91. The highest BCUT2D eigenvalue weighted by Crippen LogP contribution is 2.46. The predicted octanol–water partition coefficient (Wildman–Crippen LogP) is 1.65. The van der Waals surface area contributed by atoms with Crippen LogP contribution in [0.15, 0.2) is 29.4 Å². The van der Waals surface area contributed by atoms with Crippen molar-refractivity contribution in [2.24, 2.45) is 10.9 Å². The highest BCUT2D eigenvalue weighted by Gasteiger charge is 2.41. The van der Waals surface area contributed by atoms with Gasteiger partial charge in [0.05, 0.1) is 0 Å². The van der Waals surface area contributed by atoms with Gasteiger partial charge in [0.1, 0.15) is 12.4 Å². The first kappa shape index (κ1) is 15.0. The van der Waals surface area contributed by atoms with Crippen LogP contribution in [0.5, 0.6) is 5.75 Å². The number of amidine groups is 1. The van der Waals surface area contributed by atoms with Crippen molar-refractivity contribution in [2.75, 3.05) is 26.0 Å². The first-order valence-electron chi connectivity index (χ1n) is 6.66. The molecular weight excluding hydrogens is 274 g/mol. The van der Waals surface area contributed by atoms with Crippen LogP contribution < -0.4 is 15.8 Å². The van der Waals surface area contributed by atoms with E-state index in [1.165, 1.54) is 12.8 Å². The molecule has 1 fully saturated rings. The van der Waals surface area contributed by atoms with Crippen molar-refractivity contribution < 1.29 is 9.94 Å². The monoisotopic (exact) mass is 295 g/mol. The molecule has 0 amide bonds. The molecular formula is C14H21N3O2S. The molecule has 0 spiro atoms. The lowest BCUT2D eigenvalue weighted by atomic mass is 10.2. The molecule has 1 saturated carbocycles. The summed E-state index contributed by atoms with van der Waals surface area (Å²) in [6.45, 7) is 2.53. The van der Waals surface area contributed by atoms with E-state index in [4.69, 9.17) is 15.7 Å². The lowest BCUT2D eigenvalue weighted by Crippen LogP contribution is -2.29. The molecule has 2 rings (SSSR count). The van der Waals surface area contributed by atoms with Crippen LogP contribution >= 0.6 is 11.8 Å². The number of nitrogens with one attached hydrogen (secondary N) is 1. The first-order valence-corrected chi connectivity index (χ1v) is 7.88. The van der Waals surface area contributed by atoms with E-state index in [0.29, 0.717) is 16.9 Å². The van der Waals surface area contributed by atoms with Gasteiger partial charge in [-0.25, -0.2) is 0 Å². The Hall–Kier alpha value is -1.40. The van der Waals surface area contributed by atoms with Crippen LogP contribution in [0.25, 0.3) is 0 Å². The van der Waals surface area contributed by atoms with E-state index >= 15 is 0 Å². The number of thioether (sulfide) groups is 1. The summed E-state index contributed by atoms with van der Waals surface area (Å²) >= 11 is 1.95. The standard InChI is InChI=1S/C14H21N3O2S/c1-20-14(6-7-14)10-16-8-9-19-12-4-2-11(3-5-12)13(15)17-18/h2-5,16,18H,6-10H2,1H3,(H2,15,17). The Labute approximate surface area is 123 Å². The van der Waals surface area contributed by atoms with E-state index in [-0.39, 0.29) is 5.84 Å². The number of rotatable bonds is 8. The average Bonchev–Trinajstić information content (AvgIpc) is 3.27. The Kier molecular flexibility index (Phi) is 5.14. The minimum atomic E-state index is 0.102. The summed E-state index contributed by atoms with van der Waals surface area (Å²) in [5, 5.41) is 15.0. The zero-order valence-corrected chi connectivity index (χ0v) is 12.4. The Morgan fingerprint density at radius 2 is 2.15 bits per heavy atom. The first-order chi connectivity index (χ1) is 9.69. The number of nitrogens with zero attached hydrogens (tertiary/aromatic N) is 1. The number of hydrogen-bond acceptors (Lipinski definition) is 5. The molecule has 6 heteroatoms. The van der Waals surface area contributed by atoms with E-state index in [1.54, 1.807) is 12.1 Å². The molecule has 0 heterocycles. The molecule has 1 aromatic rings. The molecule has 5 nitrogen and oxygen atoms in total. The number of benzene rings is 1. The molecule has 0 aliphatic heterocycles. The third-order valence-electron chi connectivity index (χ3n) is 3.49. The highest BCUT2D eigenvalue weighted by atomic mass is 32.2. The van der Waals surface area contributed by atoms with Crippen molar-refractivity contribution >= 4 is 17.6 Å². The zero-order chi connectivity index (χ0) is 14.4. The zero-order valence-electron chi connectivity index (χ0n) is 11.6. The Balaban J connectivity index is 1.66. The van der Waals surface area contributed by atoms with E-state index in [9.17, 15) is 0 Å². The van der Waals surface area contributed by atoms with Crippen molar-refractivity contribution in [3.05, 3.63) is 29.8 Å². The van der Waals surface area contributed by atoms with Crippen LogP contribution in [0.1, 0.15) is 18.4 Å². The summed E-state index contributed by atoms with van der Waals surface area (Å²) in [5.41, 5.74) is 6.17. The van der Waals surface area contributed by atoms with E-state index in [0.717, 1.165) is 18.8 Å². The highest BCUT2D eigenvalue weighted by molar-refractivity contribution is 8.00. The maximum absolute atomic E-state index is 8.57. The van der Waals surface area contributed by atoms with E-state index in [1.807, 2.05) is 23.9 Å². The lowest BCUT2D eigenvalue weighted by Gasteiger charge is -2.13. The van der Waals surface area contributed by atoms with Crippen LogP contribution in [0.4, 0.5) is 0 Å². The summed E-state index contributed by atoms with van der Waals surface area (Å²) in [4.78, 5) is 0. The van der Waals surface area contributed by atoms with Crippen LogP contribution in [-0.2, 0) is 0 Å². The molecule has 110 valence electrons. The van der Waals surface area contributed by atoms with Crippen molar-refractivity contribution in [1.29, 1.82) is 0 Å². The number of nitrogens with two attached hydrogens (primary N) is 1. The summed E-state index contributed by atoms with van der Waals surface area (Å²) in [5.74, 6) is 0.886. The topological polar surface area (TPSA) is 79.9 Å². The smallest absolute Gasteiger partial charge is 0.170 e.